The molecule has 1 aromatic heterocycles. The molecule has 7 nitrogen and oxygen atoms in total. The molecule has 8 heteroatoms. The van der Waals surface area contributed by atoms with Crippen molar-refractivity contribution >= 4 is 16.0 Å². The van der Waals surface area contributed by atoms with E-state index in [1.54, 1.807) is 18.2 Å². The average molecular weight is 295 g/mol. The molecule has 0 radical (unpaired) electrons. The fraction of sp³-hybridized carbons (Fsp3) is 0.167. The Labute approximate surface area is 115 Å². The standard InChI is InChI=1S/C12H13N3O4S/c16-12(17)10-4-2-1-3-9(10)5-6-15-20(18,19)11-7-13-8-14-11/h1-4,7-8,15H,5-6H2,(H,13,14)(H,16,17). The number of benzene rings is 1. The minimum Gasteiger partial charge on any atom is -0.478 e. The number of carbonyl (C=O) groups is 1. The number of imidazole rings is 1. The largest absolute Gasteiger partial charge is 0.478 e. The van der Waals surface area contributed by atoms with Crippen molar-refractivity contribution in [2.75, 3.05) is 6.54 Å². The quantitative estimate of drug-likeness (QED) is 0.723. The van der Waals surface area contributed by atoms with Gasteiger partial charge in [0, 0.05) is 6.54 Å². The first kappa shape index (κ1) is 14.2. The number of rotatable bonds is 6. The number of H-pyrrole nitrogens is 1. The van der Waals surface area contributed by atoms with Crippen LogP contribution < -0.4 is 4.72 Å². The molecule has 1 heterocycles. The number of nitrogens with one attached hydrogen (secondary N) is 2. The molecule has 0 aliphatic carbocycles. The number of sulfonamides is 1. The molecule has 0 spiro atoms. The summed E-state index contributed by atoms with van der Waals surface area (Å²) in [6.07, 6.45) is 2.76. The van der Waals surface area contributed by atoms with Crippen LogP contribution in [-0.2, 0) is 16.4 Å². The van der Waals surface area contributed by atoms with Gasteiger partial charge in [-0.2, -0.15) is 0 Å². The Balaban J connectivity index is 2.02. The second kappa shape index (κ2) is 5.85. The Kier molecular flexibility index (Phi) is 4.16. The SMILES string of the molecule is O=C(O)c1ccccc1CCNS(=O)(=O)c1cnc[nH]1. The van der Waals surface area contributed by atoms with Gasteiger partial charge in [-0.15, -0.1) is 0 Å². The molecule has 0 unspecified atom stereocenters. The number of carboxylic acid groups (broad SMARTS) is 1. The molecule has 0 aliphatic rings. The van der Waals surface area contributed by atoms with Gasteiger partial charge in [-0.25, -0.2) is 22.9 Å². The molecule has 2 aromatic rings. The van der Waals surface area contributed by atoms with E-state index in [2.05, 4.69) is 14.7 Å². The molecular formula is C12H13N3O4S. The monoisotopic (exact) mass is 295 g/mol. The van der Waals surface area contributed by atoms with E-state index in [-0.39, 0.29) is 23.6 Å². The second-order valence-electron chi connectivity index (χ2n) is 4.03. The molecular weight excluding hydrogens is 282 g/mol. The van der Waals surface area contributed by atoms with Crippen LogP contribution in [0.5, 0.6) is 0 Å². The summed E-state index contributed by atoms with van der Waals surface area (Å²) in [5.74, 6) is -1.03. The van der Waals surface area contributed by atoms with Crippen molar-refractivity contribution in [2.24, 2.45) is 0 Å². The molecule has 0 amide bonds. The van der Waals surface area contributed by atoms with Crippen LogP contribution in [0, 0.1) is 0 Å². The van der Waals surface area contributed by atoms with E-state index in [1.807, 2.05) is 0 Å². The normalized spacial score (nSPS) is 11.4. The van der Waals surface area contributed by atoms with Gasteiger partial charge in [0.1, 0.15) is 0 Å². The molecule has 0 bridgehead atoms. The molecule has 2 rings (SSSR count). The van der Waals surface area contributed by atoms with Crippen LogP contribution in [0.3, 0.4) is 0 Å². The number of aromatic nitrogens is 2. The predicted molar refractivity (Wildman–Crippen MR) is 70.9 cm³/mol. The fourth-order valence-electron chi connectivity index (χ4n) is 1.73. The number of carboxylic acids is 1. The first-order chi connectivity index (χ1) is 9.50. The Morgan fingerprint density at radius 1 is 1.35 bits per heavy atom. The van der Waals surface area contributed by atoms with Crippen LogP contribution in [0.2, 0.25) is 0 Å². The smallest absolute Gasteiger partial charge is 0.335 e. The van der Waals surface area contributed by atoms with Gasteiger partial charge < -0.3 is 10.1 Å². The van der Waals surface area contributed by atoms with Crippen molar-refractivity contribution in [2.45, 2.75) is 11.4 Å². The summed E-state index contributed by atoms with van der Waals surface area (Å²) in [6, 6.07) is 6.49. The van der Waals surface area contributed by atoms with Crippen LogP contribution in [0.4, 0.5) is 0 Å². The number of aromatic amines is 1. The summed E-state index contributed by atoms with van der Waals surface area (Å²) in [5, 5.41) is 9.00. The molecule has 106 valence electrons. The van der Waals surface area contributed by atoms with Crippen molar-refractivity contribution in [1.29, 1.82) is 0 Å². The van der Waals surface area contributed by atoms with E-state index in [1.165, 1.54) is 18.6 Å². The highest BCUT2D eigenvalue weighted by atomic mass is 32.2. The Hall–Kier alpha value is -2.19. The van der Waals surface area contributed by atoms with E-state index < -0.39 is 16.0 Å². The van der Waals surface area contributed by atoms with E-state index in [9.17, 15) is 13.2 Å². The predicted octanol–water partition coefficient (Wildman–Crippen LogP) is 0.629. The zero-order chi connectivity index (χ0) is 14.6. The summed E-state index contributed by atoms with van der Waals surface area (Å²) in [4.78, 5) is 17.2. The van der Waals surface area contributed by atoms with Gasteiger partial charge >= 0.3 is 5.97 Å². The summed E-state index contributed by atoms with van der Waals surface area (Å²) >= 11 is 0. The number of aromatic carboxylic acids is 1. The highest BCUT2D eigenvalue weighted by molar-refractivity contribution is 7.89. The third-order valence-electron chi connectivity index (χ3n) is 2.70. The Bertz CT molecular complexity index is 695. The molecule has 1 aromatic carbocycles. The Morgan fingerprint density at radius 2 is 2.10 bits per heavy atom. The van der Waals surface area contributed by atoms with Crippen LogP contribution in [0.15, 0.2) is 41.8 Å². The first-order valence-electron chi connectivity index (χ1n) is 5.80. The molecule has 0 saturated carbocycles. The van der Waals surface area contributed by atoms with Crippen LogP contribution in [0.25, 0.3) is 0 Å². The van der Waals surface area contributed by atoms with Crippen LogP contribution in [0.1, 0.15) is 15.9 Å². The highest BCUT2D eigenvalue weighted by Crippen LogP contribution is 2.09. The molecule has 3 N–H and O–H groups in total. The number of hydrogen-bond acceptors (Lipinski definition) is 4. The van der Waals surface area contributed by atoms with Crippen LogP contribution in [-0.4, -0.2) is 36.0 Å². The fourth-order valence-corrected chi connectivity index (χ4v) is 2.67. The van der Waals surface area contributed by atoms with E-state index >= 15 is 0 Å². The van der Waals surface area contributed by atoms with Gasteiger partial charge in [-0.05, 0) is 18.1 Å². The van der Waals surface area contributed by atoms with E-state index in [0.717, 1.165) is 0 Å². The maximum atomic E-state index is 11.8. The summed E-state index contributed by atoms with van der Waals surface area (Å²) < 4.78 is 26.0. The van der Waals surface area contributed by atoms with Crippen molar-refractivity contribution in [3.8, 4) is 0 Å². The molecule has 0 saturated heterocycles. The average Bonchev–Trinajstić information content (AvgIpc) is 2.93. The second-order valence-corrected chi connectivity index (χ2v) is 5.76. The lowest BCUT2D eigenvalue weighted by atomic mass is 10.1. The third-order valence-corrected chi connectivity index (χ3v) is 4.08. The van der Waals surface area contributed by atoms with Gasteiger partial charge in [0.05, 0.1) is 18.1 Å². The van der Waals surface area contributed by atoms with Gasteiger partial charge in [-0.1, -0.05) is 18.2 Å². The van der Waals surface area contributed by atoms with Crippen molar-refractivity contribution in [1.82, 2.24) is 14.7 Å². The van der Waals surface area contributed by atoms with Gasteiger partial charge in [0.25, 0.3) is 10.0 Å². The van der Waals surface area contributed by atoms with E-state index in [4.69, 9.17) is 5.11 Å². The summed E-state index contributed by atoms with van der Waals surface area (Å²) in [5.41, 5.74) is 0.751. The van der Waals surface area contributed by atoms with Gasteiger partial charge in [-0.3, -0.25) is 0 Å². The van der Waals surface area contributed by atoms with Crippen molar-refractivity contribution in [3.63, 3.8) is 0 Å². The molecule has 0 atom stereocenters. The minimum atomic E-state index is -3.64. The molecule has 0 aliphatic heterocycles. The van der Waals surface area contributed by atoms with Crippen molar-refractivity contribution < 1.29 is 18.3 Å². The maximum absolute atomic E-state index is 11.8. The van der Waals surface area contributed by atoms with Gasteiger partial charge in [0.2, 0.25) is 0 Å². The number of nitrogens with zero attached hydrogens (tertiary/aromatic N) is 1. The summed E-state index contributed by atoms with van der Waals surface area (Å²) in [7, 11) is -3.64. The number of hydrogen-bond donors (Lipinski definition) is 3. The molecule has 20 heavy (non-hydrogen) atoms. The van der Waals surface area contributed by atoms with E-state index in [0.29, 0.717) is 5.56 Å². The highest BCUT2D eigenvalue weighted by Gasteiger charge is 2.15. The maximum Gasteiger partial charge on any atom is 0.335 e. The lowest BCUT2D eigenvalue weighted by Gasteiger charge is -2.07. The van der Waals surface area contributed by atoms with Crippen molar-refractivity contribution in [3.05, 3.63) is 47.9 Å². The zero-order valence-corrected chi connectivity index (χ0v) is 11.2. The van der Waals surface area contributed by atoms with Gasteiger partial charge in [0.15, 0.2) is 5.03 Å². The van der Waals surface area contributed by atoms with Crippen LogP contribution >= 0.6 is 0 Å². The summed E-state index contributed by atoms with van der Waals surface area (Å²) in [6.45, 7) is 0.103. The lowest BCUT2D eigenvalue weighted by Crippen LogP contribution is -2.26. The minimum absolute atomic E-state index is 0.0241. The Morgan fingerprint density at radius 3 is 2.75 bits per heavy atom. The lowest BCUT2D eigenvalue weighted by molar-refractivity contribution is 0.0695. The zero-order valence-electron chi connectivity index (χ0n) is 10.4. The molecule has 0 fully saturated rings. The third kappa shape index (κ3) is 3.22. The first-order valence-corrected chi connectivity index (χ1v) is 7.28. The topological polar surface area (TPSA) is 112 Å².